The number of alkyl halides is 4. The molecule has 0 bridgehead atoms. The van der Waals surface area contributed by atoms with Crippen LogP contribution in [0.15, 0.2) is 54.6 Å². The summed E-state index contributed by atoms with van der Waals surface area (Å²) in [6.45, 7) is 2.50. The van der Waals surface area contributed by atoms with E-state index in [0.717, 1.165) is 36.6 Å². The average molecular weight is 437 g/mol. The Morgan fingerprint density at radius 1 is 0.917 bits per heavy atom. The molecule has 3 nitrogen and oxygen atoms in total. The normalized spacial score (nSPS) is 15.9. The summed E-state index contributed by atoms with van der Waals surface area (Å²) in [4.78, 5) is 24.6. The summed E-state index contributed by atoms with van der Waals surface area (Å²) < 4.78 is 1.19. The molecule has 0 N–H and O–H groups in total. The Balaban J connectivity index is 1.93. The van der Waals surface area contributed by atoms with E-state index in [4.69, 9.17) is 0 Å². The fourth-order valence-corrected chi connectivity index (χ4v) is 4.98. The van der Waals surface area contributed by atoms with Crippen molar-refractivity contribution in [2.45, 2.75) is 0 Å². The standard InChI is InChI=1S/C20H26IN2O/c1-21(2,3)13-14-22-15-16-23(17-9-5-4-6-10-17)19-12-8-7-11-18(19)20(22)24/h4-12H,13-16H2,1-3H3/q-1. The van der Waals surface area contributed by atoms with Crippen molar-refractivity contribution in [3.8, 4) is 0 Å². The first-order valence-corrected chi connectivity index (χ1v) is 16.2. The van der Waals surface area contributed by atoms with Crippen LogP contribution in [0.4, 0.5) is 11.4 Å². The van der Waals surface area contributed by atoms with Crippen molar-refractivity contribution in [3.63, 3.8) is 0 Å². The van der Waals surface area contributed by atoms with Crippen molar-refractivity contribution in [2.24, 2.45) is 0 Å². The van der Waals surface area contributed by atoms with Gasteiger partial charge in [0.2, 0.25) is 0 Å². The maximum absolute atomic E-state index is 13.0. The Kier molecular flexibility index (Phi) is 5.13. The SMILES string of the molecule is C[I-](C)(C)CCN1CCN(c2ccccc2)c2ccccc2C1=O. The molecule has 0 spiro atoms. The molecule has 130 valence electrons. The van der Waals surface area contributed by atoms with Gasteiger partial charge in [-0.3, -0.25) is 0 Å². The van der Waals surface area contributed by atoms with Crippen LogP contribution in [0.5, 0.6) is 0 Å². The van der Waals surface area contributed by atoms with Crippen LogP contribution in [-0.2, 0) is 0 Å². The monoisotopic (exact) mass is 437 g/mol. The van der Waals surface area contributed by atoms with Crippen LogP contribution >= 0.6 is 0 Å². The third-order valence-electron chi connectivity index (χ3n) is 4.30. The predicted molar refractivity (Wildman–Crippen MR) is 98.4 cm³/mol. The summed E-state index contributed by atoms with van der Waals surface area (Å²) in [7, 11) is 0. The van der Waals surface area contributed by atoms with Crippen LogP contribution in [-0.4, -0.2) is 49.7 Å². The Morgan fingerprint density at radius 3 is 2.29 bits per heavy atom. The van der Waals surface area contributed by atoms with Crippen molar-refractivity contribution < 1.29 is 23.2 Å². The molecule has 0 saturated heterocycles. The number of hydrogen-bond donors (Lipinski definition) is 0. The number of fused-ring (bicyclic) bond motifs is 1. The van der Waals surface area contributed by atoms with Gasteiger partial charge in [-0.15, -0.1) is 0 Å². The van der Waals surface area contributed by atoms with Crippen LogP contribution in [0.2, 0.25) is 0 Å². The van der Waals surface area contributed by atoms with E-state index >= 15 is 0 Å². The van der Waals surface area contributed by atoms with Crippen molar-refractivity contribution in [2.75, 3.05) is 43.8 Å². The second kappa shape index (κ2) is 7.13. The molecule has 24 heavy (non-hydrogen) atoms. The maximum atomic E-state index is 13.0. The number of benzene rings is 2. The second-order valence-corrected chi connectivity index (χ2v) is 19.0. The molecule has 2 aromatic rings. The molecule has 0 aromatic heterocycles. The fourth-order valence-electron chi connectivity index (χ4n) is 2.95. The summed E-state index contributed by atoms with van der Waals surface area (Å²) >= 11 is -1.58. The zero-order chi connectivity index (χ0) is 17.2. The van der Waals surface area contributed by atoms with E-state index in [-0.39, 0.29) is 5.91 Å². The summed E-state index contributed by atoms with van der Waals surface area (Å²) in [5.41, 5.74) is 2.99. The van der Waals surface area contributed by atoms with E-state index in [1.807, 2.05) is 24.3 Å². The molecular weight excluding hydrogens is 411 g/mol. The molecule has 0 fully saturated rings. The van der Waals surface area contributed by atoms with E-state index in [1.165, 1.54) is 4.43 Å². The number of nitrogens with zero attached hydrogens (tertiary/aromatic N) is 2. The van der Waals surface area contributed by atoms with Gasteiger partial charge in [-0.05, 0) is 0 Å². The van der Waals surface area contributed by atoms with Gasteiger partial charge in [0.15, 0.2) is 0 Å². The summed E-state index contributed by atoms with van der Waals surface area (Å²) in [5.74, 6) is 0.175. The van der Waals surface area contributed by atoms with Gasteiger partial charge in [-0.25, -0.2) is 0 Å². The number of carbonyl (C=O) groups excluding carboxylic acids is 1. The first-order valence-electron chi connectivity index (χ1n) is 8.21. The molecule has 1 aliphatic heterocycles. The predicted octanol–water partition coefficient (Wildman–Crippen LogP) is 0.330. The van der Waals surface area contributed by atoms with E-state index in [0.29, 0.717) is 0 Å². The fraction of sp³-hybridized carbons (Fsp3) is 0.350. The number of halogens is 1. The van der Waals surface area contributed by atoms with Gasteiger partial charge >= 0.3 is 149 Å². The molecule has 1 aliphatic rings. The number of hydrogen-bond acceptors (Lipinski definition) is 2. The molecular formula is C20H26IN2O-. The van der Waals surface area contributed by atoms with Gasteiger partial charge in [0.1, 0.15) is 0 Å². The van der Waals surface area contributed by atoms with Gasteiger partial charge in [-0.2, -0.15) is 0 Å². The first kappa shape index (κ1) is 17.3. The Hall–Kier alpha value is -1.56. The van der Waals surface area contributed by atoms with E-state index < -0.39 is 18.4 Å². The van der Waals surface area contributed by atoms with E-state index in [1.54, 1.807) is 0 Å². The van der Waals surface area contributed by atoms with Crippen LogP contribution in [0, 0.1) is 0 Å². The zero-order valence-corrected chi connectivity index (χ0v) is 16.9. The Bertz CT molecular complexity index is 709. The van der Waals surface area contributed by atoms with Crippen LogP contribution in [0.3, 0.4) is 0 Å². The Morgan fingerprint density at radius 2 is 1.58 bits per heavy atom. The summed E-state index contributed by atoms with van der Waals surface area (Å²) in [6.07, 6.45) is 0. The summed E-state index contributed by atoms with van der Waals surface area (Å²) in [6, 6.07) is 18.4. The molecule has 0 aliphatic carbocycles. The minimum absolute atomic E-state index is 0.175. The topological polar surface area (TPSA) is 23.6 Å². The molecule has 1 heterocycles. The van der Waals surface area contributed by atoms with Crippen molar-refractivity contribution in [1.29, 1.82) is 0 Å². The molecule has 0 unspecified atom stereocenters. The van der Waals surface area contributed by atoms with Crippen LogP contribution in [0.1, 0.15) is 10.4 Å². The van der Waals surface area contributed by atoms with Gasteiger partial charge in [0, 0.05) is 0 Å². The average Bonchev–Trinajstić information content (AvgIpc) is 2.71. The third-order valence-corrected chi connectivity index (χ3v) is 8.01. The van der Waals surface area contributed by atoms with Gasteiger partial charge in [-0.1, -0.05) is 0 Å². The van der Waals surface area contributed by atoms with E-state index in [2.05, 4.69) is 54.9 Å². The number of rotatable bonds is 4. The molecule has 3 rings (SSSR count). The number of amides is 1. The van der Waals surface area contributed by atoms with Crippen molar-refractivity contribution in [1.82, 2.24) is 4.90 Å². The molecule has 1 amide bonds. The van der Waals surface area contributed by atoms with Crippen LogP contribution < -0.4 is 23.3 Å². The molecule has 2 aromatic carbocycles. The van der Waals surface area contributed by atoms with Gasteiger partial charge < -0.3 is 0 Å². The number of anilines is 2. The van der Waals surface area contributed by atoms with Crippen molar-refractivity contribution >= 4 is 17.3 Å². The van der Waals surface area contributed by atoms with Gasteiger partial charge in [0.25, 0.3) is 0 Å². The number of para-hydroxylation sites is 2. The van der Waals surface area contributed by atoms with E-state index in [9.17, 15) is 4.79 Å². The molecule has 0 saturated carbocycles. The molecule has 0 radical (unpaired) electrons. The first-order chi connectivity index (χ1) is 11.5. The third kappa shape index (κ3) is 3.91. The second-order valence-electron chi connectivity index (χ2n) is 6.92. The number of carbonyl (C=O) groups is 1. The zero-order valence-electron chi connectivity index (χ0n) is 14.7. The minimum atomic E-state index is -1.58. The molecule has 0 atom stereocenters. The van der Waals surface area contributed by atoms with Crippen molar-refractivity contribution in [3.05, 3.63) is 60.2 Å². The quantitative estimate of drug-likeness (QED) is 0.509. The molecule has 4 heteroatoms. The summed E-state index contributed by atoms with van der Waals surface area (Å²) in [5, 5.41) is 0. The Labute approximate surface area is 149 Å². The van der Waals surface area contributed by atoms with Crippen LogP contribution in [0.25, 0.3) is 0 Å². The van der Waals surface area contributed by atoms with Gasteiger partial charge in [0.05, 0.1) is 0 Å².